The third kappa shape index (κ3) is 5.53. The first-order valence-corrected chi connectivity index (χ1v) is 9.82. The zero-order valence-electron chi connectivity index (χ0n) is 17.6. The Labute approximate surface area is 190 Å². The van der Waals surface area contributed by atoms with E-state index in [9.17, 15) is 32.4 Å². The maximum atomic E-state index is 13.8. The number of amides is 1. The summed E-state index contributed by atoms with van der Waals surface area (Å²) in [6.45, 7) is 1.28. The third-order valence-electron chi connectivity index (χ3n) is 4.77. The number of likely N-dealkylation sites (N-methyl/N-ethyl adjacent to an activating group) is 1. The number of nitriles is 1. The smallest absolute Gasteiger partial charge is 0.480 e. The molecule has 0 aliphatic heterocycles. The van der Waals surface area contributed by atoms with E-state index in [0.29, 0.717) is 10.9 Å². The zero-order chi connectivity index (χ0) is 25.0. The first kappa shape index (κ1) is 24.3. The van der Waals surface area contributed by atoms with E-state index < -0.39 is 36.4 Å². The molecule has 34 heavy (non-hydrogen) atoms. The molecule has 0 saturated carbocycles. The van der Waals surface area contributed by atoms with Crippen molar-refractivity contribution in [3.8, 4) is 11.8 Å². The Kier molecular flexibility index (Phi) is 6.91. The van der Waals surface area contributed by atoms with Crippen LogP contribution in [0.2, 0.25) is 0 Å². The standard InChI is InChI=1S/C23H17F4N3O4/c1-2-30(17-4-6-18(7-5-17)34-23(25,26)27)22(33)14(11-28)9-15-12-29(13-21(31)32)20-8-3-16(24)10-19(15)20/h3-10,12H,2,13H2,1H3,(H,31,32). The largest absolute Gasteiger partial charge is 0.573 e. The number of fused-ring (bicyclic) bond motifs is 1. The van der Waals surface area contributed by atoms with Crippen molar-refractivity contribution in [1.29, 1.82) is 5.26 Å². The molecule has 176 valence electrons. The van der Waals surface area contributed by atoms with Gasteiger partial charge in [-0.3, -0.25) is 9.59 Å². The molecule has 0 radical (unpaired) electrons. The van der Waals surface area contributed by atoms with Gasteiger partial charge in [-0.05, 0) is 55.5 Å². The van der Waals surface area contributed by atoms with Crippen LogP contribution in [0.1, 0.15) is 12.5 Å². The lowest BCUT2D eigenvalue weighted by atomic mass is 10.1. The van der Waals surface area contributed by atoms with Crippen molar-refractivity contribution in [2.24, 2.45) is 0 Å². The average Bonchev–Trinajstić information content (AvgIpc) is 3.08. The summed E-state index contributed by atoms with van der Waals surface area (Å²) in [6, 6.07) is 10.1. The van der Waals surface area contributed by atoms with Gasteiger partial charge in [0.05, 0.1) is 0 Å². The van der Waals surface area contributed by atoms with E-state index in [-0.39, 0.29) is 23.4 Å². The van der Waals surface area contributed by atoms with Crippen molar-refractivity contribution < 1.29 is 37.0 Å². The molecule has 3 rings (SSSR count). The van der Waals surface area contributed by atoms with Crippen molar-refractivity contribution in [2.75, 3.05) is 11.4 Å². The van der Waals surface area contributed by atoms with Crippen LogP contribution >= 0.6 is 0 Å². The summed E-state index contributed by atoms with van der Waals surface area (Å²) in [7, 11) is 0. The zero-order valence-corrected chi connectivity index (χ0v) is 17.6. The van der Waals surface area contributed by atoms with Crippen LogP contribution in [0.4, 0.5) is 23.2 Å². The van der Waals surface area contributed by atoms with Crippen LogP contribution in [-0.2, 0) is 16.1 Å². The van der Waals surface area contributed by atoms with Crippen LogP contribution in [-0.4, -0.2) is 34.5 Å². The maximum absolute atomic E-state index is 13.8. The number of rotatable bonds is 7. The second-order valence-corrected chi connectivity index (χ2v) is 7.03. The average molecular weight is 475 g/mol. The molecule has 1 amide bonds. The summed E-state index contributed by atoms with van der Waals surface area (Å²) in [5, 5.41) is 19.0. The second kappa shape index (κ2) is 9.66. The number of carbonyl (C=O) groups is 2. The number of halogens is 4. The molecule has 0 fully saturated rings. The Morgan fingerprint density at radius 3 is 2.44 bits per heavy atom. The molecule has 0 aliphatic carbocycles. The van der Waals surface area contributed by atoms with Crippen molar-refractivity contribution in [1.82, 2.24) is 4.57 Å². The van der Waals surface area contributed by atoms with Gasteiger partial charge in [-0.25, -0.2) is 4.39 Å². The molecule has 2 aromatic carbocycles. The fourth-order valence-corrected chi connectivity index (χ4v) is 3.40. The van der Waals surface area contributed by atoms with Crippen LogP contribution in [0.15, 0.2) is 54.2 Å². The Balaban J connectivity index is 1.98. The molecule has 0 aliphatic rings. The quantitative estimate of drug-likeness (QED) is 0.303. The minimum absolute atomic E-state index is 0.0900. The number of benzene rings is 2. The molecule has 1 heterocycles. The van der Waals surface area contributed by atoms with E-state index in [1.54, 1.807) is 13.0 Å². The number of alkyl halides is 3. The highest BCUT2D eigenvalue weighted by molar-refractivity contribution is 6.12. The number of nitrogens with zero attached hydrogens (tertiary/aromatic N) is 3. The first-order chi connectivity index (χ1) is 16.0. The predicted molar refractivity (Wildman–Crippen MR) is 114 cm³/mol. The number of ether oxygens (including phenoxy) is 1. The molecular weight excluding hydrogens is 458 g/mol. The van der Waals surface area contributed by atoms with Gasteiger partial charge in [0.1, 0.15) is 29.8 Å². The number of anilines is 1. The predicted octanol–water partition coefficient (Wildman–Crippen LogP) is 4.72. The van der Waals surface area contributed by atoms with E-state index in [0.717, 1.165) is 24.3 Å². The molecule has 0 saturated heterocycles. The van der Waals surface area contributed by atoms with E-state index in [2.05, 4.69) is 4.74 Å². The number of carboxylic acid groups (broad SMARTS) is 1. The number of aromatic nitrogens is 1. The molecular formula is C23H17F4N3O4. The van der Waals surface area contributed by atoms with Crippen molar-refractivity contribution in [3.63, 3.8) is 0 Å². The van der Waals surface area contributed by atoms with E-state index in [1.165, 1.54) is 39.9 Å². The SMILES string of the molecule is CCN(C(=O)C(C#N)=Cc1cn(CC(=O)O)c2ccc(F)cc12)c1ccc(OC(F)(F)F)cc1. The summed E-state index contributed by atoms with van der Waals surface area (Å²) in [6.07, 6.45) is -2.26. The summed E-state index contributed by atoms with van der Waals surface area (Å²) < 4.78 is 56.1. The number of hydrogen-bond acceptors (Lipinski definition) is 4. The van der Waals surface area contributed by atoms with E-state index >= 15 is 0 Å². The molecule has 7 nitrogen and oxygen atoms in total. The van der Waals surface area contributed by atoms with Gasteiger partial charge in [-0.1, -0.05) is 0 Å². The van der Waals surface area contributed by atoms with Gasteiger partial charge in [0.2, 0.25) is 0 Å². The topological polar surface area (TPSA) is 95.6 Å². The monoisotopic (exact) mass is 475 g/mol. The number of hydrogen-bond donors (Lipinski definition) is 1. The molecule has 0 unspecified atom stereocenters. The van der Waals surface area contributed by atoms with Gasteiger partial charge in [0.25, 0.3) is 5.91 Å². The Bertz CT molecular complexity index is 1300. The Hall–Kier alpha value is -4.33. The highest BCUT2D eigenvalue weighted by Crippen LogP contribution is 2.28. The molecule has 0 atom stereocenters. The minimum Gasteiger partial charge on any atom is -0.480 e. The molecule has 11 heteroatoms. The maximum Gasteiger partial charge on any atom is 0.573 e. The minimum atomic E-state index is -4.86. The van der Waals surface area contributed by atoms with Crippen molar-refractivity contribution in [2.45, 2.75) is 19.8 Å². The van der Waals surface area contributed by atoms with Crippen molar-refractivity contribution >= 4 is 34.5 Å². The fraction of sp³-hybridized carbons (Fsp3) is 0.174. The Morgan fingerprint density at radius 2 is 1.88 bits per heavy atom. The summed E-state index contributed by atoms with van der Waals surface area (Å²) in [5.74, 6) is -2.94. The van der Waals surface area contributed by atoms with Crippen LogP contribution in [0.25, 0.3) is 17.0 Å². The normalized spacial score (nSPS) is 11.8. The van der Waals surface area contributed by atoms with Gasteiger partial charge in [0, 0.05) is 34.9 Å². The van der Waals surface area contributed by atoms with Gasteiger partial charge >= 0.3 is 12.3 Å². The van der Waals surface area contributed by atoms with E-state index in [4.69, 9.17) is 5.11 Å². The van der Waals surface area contributed by atoms with Crippen LogP contribution in [0, 0.1) is 17.1 Å². The number of carbonyl (C=O) groups excluding carboxylic acids is 1. The highest BCUT2D eigenvalue weighted by atomic mass is 19.4. The Morgan fingerprint density at radius 1 is 1.21 bits per heavy atom. The number of carboxylic acids is 1. The van der Waals surface area contributed by atoms with Crippen LogP contribution in [0.3, 0.4) is 0 Å². The molecule has 1 N–H and O–H groups in total. The fourth-order valence-electron chi connectivity index (χ4n) is 3.40. The highest BCUT2D eigenvalue weighted by Gasteiger charge is 2.31. The van der Waals surface area contributed by atoms with Gasteiger partial charge < -0.3 is 19.3 Å². The summed E-state index contributed by atoms with van der Waals surface area (Å²) in [4.78, 5) is 25.4. The lowest BCUT2D eigenvalue weighted by molar-refractivity contribution is -0.274. The molecule has 0 bridgehead atoms. The molecule has 0 spiro atoms. The van der Waals surface area contributed by atoms with Crippen LogP contribution < -0.4 is 9.64 Å². The number of aliphatic carboxylic acids is 1. The van der Waals surface area contributed by atoms with Gasteiger partial charge in [0.15, 0.2) is 0 Å². The second-order valence-electron chi connectivity index (χ2n) is 7.03. The lowest BCUT2D eigenvalue weighted by Gasteiger charge is -2.21. The molecule has 1 aromatic heterocycles. The lowest BCUT2D eigenvalue weighted by Crippen LogP contribution is -2.31. The molecule has 3 aromatic rings. The summed E-state index contributed by atoms with van der Waals surface area (Å²) >= 11 is 0. The third-order valence-corrected chi connectivity index (χ3v) is 4.77. The summed E-state index contributed by atoms with van der Waals surface area (Å²) in [5.41, 5.74) is 0.539. The van der Waals surface area contributed by atoms with E-state index in [1.807, 2.05) is 0 Å². The van der Waals surface area contributed by atoms with Crippen LogP contribution in [0.5, 0.6) is 5.75 Å². The van der Waals surface area contributed by atoms with Gasteiger partial charge in [-0.15, -0.1) is 13.2 Å². The van der Waals surface area contributed by atoms with Gasteiger partial charge in [-0.2, -0.15) is 5.26 Å². The van der Waals surface area contributed by atoms with Crippen molar-refractivity contribution in [3.05, 3.63) is 65.6 Å². The first-order valence-electron chi connectivity index (χ1n) is 9.82.